The van der Waals surface area contributed by atoms with E-state index in [0.29, 0.717) is 16.2 Å². The summed E-state index contributed by atoms with van der Waals surface area (Å²) in [4.78, 5) is 27.7. The van der Waals surface area contributed by atoms with Crippen molar-refractivity contribution in [2.75, 3.05) is 19.7 Å². The van der Waals surface area contributed by atoms with Gasteiger partial charge in [-0.1, -0.05) is 54.1 Å². The highest BCUT2D eigenvalue weighted by atomic mass is 35.5. The number of benzene rings is 2. The van der Waals surface area contributed by atoms with E-state index >= 15 is 0 Å². The fourth-order valence-corrected chi connectivity index (χ4v) is 6.63. The average Bonchev–Trinajstić information content (AvgIpc) is 3.08. The summed E-state index contributed by atoms with van der Waals surface area (Å²) in [5.41, 5.74) is 5.92. The second-order valence-electron chi connectivity index (χ2n) is 10.4. The summed E-state index contributed by atoms with van der Waals surface area (Å²) < 4.78 is 73.2. The van der Waals surface area contributed by atoms with Crippen molar-refractivity contribution in [1.29, 1.82) is 0 Å². The van der Waals surface area contributed by atoms with Crippen molar-refractivity contribution in [2.24, 2.45) is 5.73 Å². The number of hydrogen-bond acceptors (Lipinski definition) is 6. The number of ether oxygens (including phenoxy) is 1. The smallest absolute Gasteiger partial charge is 0.374 e. The number of carbonyl (C=O) groups is 2. The van der Waals surface area contributed by atoms with Crippen molar-refractivity contribution < 1.29 is 35.9 Å². The molecule has 230 valence electrons. The maximum atomic E-state index is 13.8. The number of amides is 2. The van der Waals surface area contributed by atoms with Gasteiger partial charge in [0.2, 0.25) is 21.8 Å². The van der Waals surface area contributed by atoms with Crippen LogP contribution in [0.3, 0.4) is 0 Å². The van der Waals surface area contributed by atoms with Crippen molar-refractivity contribution in [2.45, 2.75) is 57.6 Å². The second-order valence-corrected chi connectivity index (χ2v) is 12.4. The van der Waals surface area contributed by atoms with Crippen LogP contribution in [0.15, 0.2) is 60.2 Å². The molecule has 0 radical (unpaired) electrons. The zero-order chi connectivity index (χ0) is 31.3. The van der Waals surface area contributed by atoms with Crippen molar-refractivity contribution in [3.05, 3.63) is 76.3 Å². The van der Waals surface area contributed by atoms with Gasteiger partial charge in [-0.15, -0.1) is 0 Å². The first kappa shape index (κ1) is 33.5. The van der Waals surface area contributed by atoms with E-state index in [9.17, 15) is 31.2 Å². The van der Waals surface area contributed by atoms with Gasteiger partial charge in [0.25, 0.3) is 0 Å². The first-order valence-electron chi connectivity index (χ1n) is 13.1. The van der Waals surface area contributed by atoms with Gasteiger partial charge in [0.05, 0.1) is 36.1 Å². The van der Waals surface area contributed by atoms with Gasteiger partial charge >= 0.3 is 6.18 Å². The van der Waals surface area contributed by atoms with Crippen LogP contribution in [0.4, 0.5) is 13.2 Å². The molecule has 42 heavy (non-hydrogen) atoms. The summed E-state index contributed by atoms with van der Waals surface area (Å²) in [5.74, 6) is -1.85. The van der Waals surface area contributed by atoms with Crippen molar-refractivity contribution in [3.63, 3.8) is 0 Å². The molecule has 0 aliphatic carbocycles. The van der Waals surface area contributed by atoms with Crippen molar-refractivity contribution >= 4 is 38.3 Å². The summed E-state index contributed by atoms with van der Waals surface area (Å²) in [5, 5.41) is 2.72. The van der Waals surface area contributed by atoms with E-state index in [2.05, 4.69) is 10.0 Å². The standard InChI is InChI=1S/C28H34ClF3N4O5S/c1-4-36(15-21-24(19-10-12-20(29)13-11-19)42(39,40)35-27(21,2)3)26(38)23(17-41-16-18-8-6-5-7-9-18)34-25(37)22(33)14-28(30,31)32/h5-13,22-23,35H,4,14-17,33H2,1-3H3,(H,34,37)/t22?,23-/m1/s1. The van der Waals surface area contributed by atoms with Gasteiger partial charge in [-0.2, -0.15) is 13.2 Å². The molecule has 0 saturated carbocycles. The summed E-state index contributed by atoms with van der Waals surface area (Å²) >= 11 is 5.99. The molecule has 0 saturated heterocycles. The van der Waals surface area contributed by atoms with Crippen LogP contribution in [0.1, 0.15) is 38.3 Å². The average molecular weight is 631 g/mol. The highest BCUT2D eigenvalue weighted by molar-refractivity contribution is 7.99. The largest absolute Gasteiger partial charge is 0.391 e. The monoisotopic (exact) mass is 630 g/mol. The molecule has 0 fully saturated rings. The van der Waals surface area contributed by atoms with Crippen LogP contribution in [0.25, 0.3) is 4.91 Å². The third-order valence-corrected chi connectivity index (χ3v) is 8.68. The zero-order valence-corrected chi connectivity index (χ0v) is 24.9. The van der Waals surface area contributed by atoms with Gasteiger partial charge in [-0.3, -0.25) is 9.59 Å². The number of nitrogens with two attached hydrogens (primary N) is 1. The Balaban J connectivity index is 1.91. The Labute approximate surface area is 248 Å². The molecule has 0 aromatic heterocycles. The minimum atomic E-state index is -4.69. The first-order valence-corrected chi connectivity index (χ1v) is 15.0. The molecular formula is C28H34ClF3N4O5S. The van der Waals surface area contributed by atoms with Gasteiger partial charge in [-0.25, -0.2) is 13.1 Å². The molecule has 9 nitrogen and oxygen atoms in total. The Morgan fingerprint density at radius 2 is 1.74 bits per heavy atom. The molecule has 0 spiro atoms. The molecular weight excluding hydrogens is 597 g/mol. The molecule has 2 atom stereocenters. The van der Waals surface area contributed by atoms with Crippen LogP contribution in [0, 0.1) is 0 Å². The lowest BCUT2D eigenvalue weighted by Crippen LogP contribution is -2.55. The predicted molar refractivity (Wildman–Crippen MR) is 153 cm³/mol. The minimum absolute atomic E-state index is 0.0106. The van der Waals surface area contributed by atoms with E-state index in [0.717, 1.165) is 5.56 Å². The van der Waals surface area contributed by atoms with Crippen molar-refractivity contribution in [1.82, 2.24) is 14.9 Å². The molecule has 0 bridgehead atoms. The SMILES string of the molecule is CCN(CC1=C(c2ccc(Cl)cc2)S(=O)(=O)NC1(C)C)C(=O)[C@@H](COCc1ccccc1)NC(=O)C(N)CC(F)(F)F. The van der Waals surface area contributed by atoms with E-state index in [-0.39, 0.29) is 31.2 Å². The van der Waals surface area contributed by atoms with Gasteiger partial charge < -0.3 is 20.7 Å². The Morgan fingerprint density at radius 3 is 2.31 bits per heavy atom. The second kappa shape index (κ2) is 13.6. The Kier molecular flexibility index (Phi) is 10.8. The van der Waals surface area contributed by atoms with Crippen LogP contribution >= 0.6 is 11.6 Å². The number of nitrogens with zero attached hydrogens (tertiary/aromatic N) is 1. The van der Waals surface area contributed by atoms with Crippen LogP contribution < -0.4 is 15.8 Å². The minimum Gasteiger partial charge on any atom is -0.374 e. The van der Waals surface area contributed by atoms with Gasteiger partial charge in [0.15, 0.2) is 0 Å². The van der Waals surface area contributed by atoms with Gasteiger partial charge in [0, 0.05) is 18.1 Å². The lowest BCUT2D eigenvalue weighted by Gasteiger charge is -2.31. The van der Waals surface area contributed by atoms with Gasteiger partial charge in [0.1, 0.15) is 6.04 Å². The molecule has 3 rings (SSSR count). The quantitative estimate of drug-likeness (QED) is 0.329. The van der Waals surface area contributed by atoms with Crippen LogP contribution in [0.2, 0.25) is 5.02 Å². The summed E-state index contributed by atoms with van der Waals surface area (Å²) in [6, 6.07) is 11.8. The molecule has 1 unspecified atom stereocenters. The van der Waals surface area contributed by atoms with E-state index in [1.165, 1.54) is 4.90 Å². The number of nitrogens with one attached hydrogen (secondary N) is 2. The number of likely N-dealkylation sites (N-methyl/N-ethyl adjacent to an activating group) is 1. The Bertz CT molecular complexity index is 1400. The topological polar surface area (TPSA) is 131 Å². The molecule has 2 amide bonds. The van der Waals surface area contributed by atoms with E-state index in [1.54, 1.807) is 69.3 Å². The Morgan fingerprint density at radius 1 is 1.12 bits per heavy atom. The fourth-order valence-electron chi connectivity index (χ4n) is 4.52. The molecule has 14 heteroatoms. The van der Waals surface area contributed by atoms with E-state index < -0.39 is 52.1 Å². The van der Waals surface area contributed by atoms with Gasteiger partial charge in [-0.05, 0) is 49.6 Å². The summed E-state index contributed by atoms with van der Waals surface area (Å²) in [6.07, 6.45) is -6.26. The first-order chi connectivity index (χ1) is 19.5. The third-order valence-electron chi connectivity index (χ3n) is 6.63. The van der Waals surface area contributed by atoms with E-state index in [4.69, 9.17) is 22.1 Å². The lowest BCUT2D eigenvalue weighted by atomic mass is 9.92. The van der Waals surface area contributed by atoms with E-state index in [1.807, 2.05) is 6.07 Å². The van der Waals surface area contributed by atoms with Crippen LogP contribution in [-0.2, 0) is 31.0 Å². The highest BCUT2D eigenvalue weighted by Crippen LogP contribution is 2.38. The molecule has 2 aromatic rings. The Hall–Kier alpha value is -2.97. The molecule has 4 N–H and O–H groups in total. The molecule has 2 aromatic carbocycles. The number of carbonyl (C=O) groups excluding carboxylic acids is 2. The number of rotatable bonds is 12. The number of hydrogen-bond donors (Lipinski definition) is 3. The molecule has 1 heterocycles. The fraction of sp³-hybridized carbons (Fsp3) is 0.429. The van der Waals surface area contributed by atoms with Crippen molar-refractivity contribution in [3.8, 4) is 0 Å². The lowest BCUT2D eigenvalue weighted by molar-refractivity contribution is -0.149. The zero-order valence-electron chi connectivity index (χ0n) is 23.4. The highest BCUT2D eigenvalue weighted by Gasteiger charge is 2.44. The maximum absolute atomic E-state index is 13.8. The summed E-state index contributed by atoms with van der Waals surface area (Å²) in [6.45, 7) is 4.60. The number of alkyl halides is 3. The van der Waals surface area contributed by atoms with Crippen LogP contribution in [0.5, 0.6) is 0 Å². The predicted octanol–water partition coefficient (Wildman–Crippen LogP) is 3.59. The summed E-state index contributed by atoms with van der Waals surface area (Å²) in [7, 11) is -3.97. The number of sulfonamides is 1. The van der Waals surface area contributed by atoms with Crippen LogP contribution in [-0.4, -0.2) is 68.6 Å². The third kappa shape index (κ3) is 8.77. The molecule has 1 aliphatic heterocycles. The molecule has 1 aliphatic rings. The maximum Gasteiger partial charge on any atom is 0.391 e. The number of halogens is 4. The normalized spacial score (nSPS) is 17.5.